The Kier molecular flexibility index (Phi) is 2.77. The normalized spacial score (nSPS) is 10.1. The minimum Gasteiger partial charge on any atom is -0.341 e. The van der Waals surface area contributed by atoms with Crippen molar-refractivity contribution >= 4 is 22.5 Å². The van der Waals surface area contributed by atoms with Gasteiger partial charge in [0.25, 0.3) is 0 Å². The molecule has 0 atom stereocenters. The molecule has 0 radical (unpaired) electrons. The van der Waals surface area contributed by atoms with Crippen molar-refractivity contribution in [3.8, 4) is 0 Å². The second-order valence-electron chi connectivity index (χ2n) is 3.71. The molecule has 3 nitrogen and oxygen atoms in total. The number of amides is 2. The maximum atomic E-state index is 11.2. The first-order valence-corrected chi connectivity index (χ1v) is 5.19. The summed E-state index contributed by atoms with van der Waals surface area (Å²) in [7, 11) is 1.60. The van der Waals surface area contributed by atoms with Gasteiger partial charge in [0.2, 0.25) is 0 Å². The van der Waals surface area contributed by atoms with Crippen LogP contribution >= 0.6 is 0 Å². The van der Waals surface area contributed by atoms with Crippen LogP contribution in [-0.2, 0) is 0 Å². The Bertz CT molecular complexity index is 534. The van der Waals surface area contributed by atoms with E-state index < -0.39 is 0 Å². The molecule has 2 rings (SSSR count). The quantitative estimate of drug-likeness (QED) is 0.753. The summed E-state index contributed by atoms with van der Waals surface area (Å²) in [5.74, 6) is 0. The summed E-state index contributed by atoms with van der Waals surface area (Å²) < 4.78 is 0. The number of hydrogen-bond acceptors (Lipinski definition) is 1. The summed E-state index contributed by atoms with van der Waals surface area (Å²) in [4.78, 5) is 11.2. The first kappa shape index (κ1) is 10.5. The maximum Gasteiger partial charge on any atom is 0.318 e. The second-order valence-corrected chi connectivity index (χ2v) is 3.71. The van der Waals surface area contributed by atoms with Gasteiger partial charge in [-0.1, -0.05) is 24.3 Å². The van der Waals surface area contributed by atoms with Gasteiger partial charge in [0.15, 0.2) is 0 Å². The Morgan fingerprint density at radius 2 is 2.00 bits per heavy atom. The van der Waals surface area contributed by atoms with E-state index >= 15 is 0 Å². The first-order chi connectivity index (χ1) is 7.70. The molecule has 2 N–H and O–H groups in total. The number of carbonyl (C=O) groups excluding carboxylic acids is 1. The number of hydrogen-bond donors (Lipinski definition) is 2. The zero-order valence-corrected chi connectivity index (χ0v) is 9.37. The molecule has 0 aliphatic rings. The largest absolute Gasteiger partial charge is 0.341 e. The van der Waals surface area contributed by atoms with Crippen molar-refractivity contribution in [2.75, 3.05) is 12.4 Å². The fourth-order valence-corrected chi connectivity index (χ4v) is 1.72. The van der Waals surface area contributed by atoms with Crippen LogP contribution in [0.4, 0.5) is 10.5 Å². The van der Waals surface area contributed by atoms with E-state index in [0.717, 1.165) is 11.1 Å². The Morgan fingerprint density at radius 1 is 1.19 bits per heavy atom. The fraction of sp³-hybridized carbons (Fsp3) is 0.154. The van der Waals surface area contributed by atoms with E-state index in [4.69, 9.17) is 0 Å². The molecular formula is C13H14N2O. The number of urea groups is 1. The number of anilines is 1. The maximum absolute atomic E-state index is 11.2. The molecule has 0 aliphatic carbocycles. The van der Waals surface area contributed by atoms with Gasteiger partial charge in [-0.05, 0) is 35.4 Å². The summed E-state index contributed by atoms with van der Waals surface area (Å²) in [6, 6.07) is 11.8. The summed E-state index contributed by atoms with van der Waals surface area (Å²) in [6.45, 7) is 2.08. The standard InChI is InChI=1S/C13H14N2O/c1-9-4-3-5-10-8-11(6-7-12(9)10)15-13(16)14-2/h3-8H,1-2H3,(H2,14,15,16). The van der Waals surface area contributed by atoms with Crippen LogP contribution in [0.5, 0.6) is 0 Å². The highest BCUT2D eigenvalue weighted by Gasteiger charge is 2.01. The summed E-state index contributed by atoms with van der Waals surface area (Å²) in [5, 5.41) is 7.62. The van der Waals surface area contributed by atoms with Crippen LogP contribution in [0.1, 0.15) is 5.56 Å². The van der Waals surface area contributed by atoms with Crippen LogP contribution in [0.25, 0.3) is 10.8 Å². The minimum atomic E-state index is -0.202. The number of carbonyl (C=O) groups is 1. The van der Waals surface area contributed by atoms with Crippen molar-refractivity contribution in [2.45, 2.75) is 6.92 Å². The van der Waals surface area contributed by atoms with E-state index in [1.54, 1.807) is 7.05 Å². The first-order valence-electron chi connectivity index (χ1n) is 5.19. The smallest absolute Gasteiger partial charge is 0.318 e. The summed E-state index contributed by atoms with van der Waals surface area (Å²) in [5.41, 5.74) is 2.04. The lowest BCUT2D eigenvalue weighted by atomic mass is 10.1. The molecule has 0 unspecified atom stereocenters. The van der Waals surface area contributed by atoms with E-state index in [1.807, 2.05) is 30.3 Å². The molecule has 2 amide bonds. The Labute approximate surface area is 94.5 Å². The molecule has 0 aromatic heterocycles. The molecule has 0 aliphatic heterocycles. The highest BCUT2D eigenvalue weighted by atomic mass is 16.2. The second kappa shape index (κ2) is 4.23. The third kappa shape index (κ3) is 1.98. The summed E-state index contributed by atoms with van der Waals surface area (Å²) in [6.07, 6.45) is 0. The fourth-order valence-electron chi connectivity index (χ4n) is 1.72. The molecule has 2 aromatic rings. The topological polar surface area (TPSA) is 41.1 Å². The van der Waals surface area contributed by atoms with Crippen molar-refractivity contribution in [3.05, 3.63) is 42.0 Å². The lowest BCUT2D eigenvalue weighted by molar-refractivity contribution is 0.254. The number of benzene rings is 2. The molecular weight excluding hydrogens is 200 g/mol. The molecule has 16 heavy (non-hydrogen) atoms. The van der Waals surface area contributed by atoms with Crippen LogP contribution in [0.15, 0.2) is 36.4 Å². The SMILES string of the molecule is CNC(=O)Nc1ccc2c(C)cccc2c1. The van der Waals surface area contributed by atoms with Crippen LogP contribution < -0.4 is 10.6 Å². The molecule has 3 heteroatoms. The zero-order valence-electron chi connectivity index (χ0n) is 9.37. The number of aryl methyl sites for hydroxylation is 1. The Morgan fingerprint density at radius 3 is 2.75 bits per heavy atom. The monoisotopic (exact) mass is 214 g/mol. The van der Waals surface area contributed by atoms with Crippen LogP contribution in [-0.4, -0.2) is 13.1 Å². The van der Waals surface area contributed by atoms with E-state index in [1.165, 1.54) is 10.9 Å². The molecule has 0 heterocycles. The van der Waals surface area contributed by atoms with E-state index in [9.17, 15) is 4.79 Å². The lowest BCUT2D eigenvalue weighted by Crippen LogP contribution is -2.24. The zero-order chi connectivity index (χ0) is 11.5. The molecule has 0 saturated carbocycles. The number of nitrogens with one attached hydrogen (secondary N) is 2. The van der Waals surface area contributed by atoms with Gasteiger partial charge in [-0.3, -0.25) is 0 Å². The van der Waals surface area contributed by atoms with Gasteiger partial charge in [-0.15, -0.1) is 0 Å². The molecule has 2 aromatic carbocycles. The van der Waals surface area contributed by atoms with Gasteiger partial charge in [0, 0.05) is 12.7 Å². The Balaban J connectivity index is 2.41. The van der Waals surface area contributed by atoms with Crippen LogP contribution in [0, 0.1) is 6.92 Å². The van der Waals surface area contributed by atoms with Gasteiger partial charge < -0.3 is 10.6 Å². The lowest BCUT2D eigenvalue weighted by Gasteiger charge is -2.07. The summed E-state index contributed by atoms with van der Waals surface area (Å²) >= 11 is 0. The third-order valence-corrected chi connectivity index (χ3v) is 2.58. The van der Waals surface area contributed by atoms with E-state index in [0.29, 0.717) is 0 Å². The van der Waals surface area contributed by atoms with Crippen LogP contribution in [0.3, 0.4) is 0 Å². The molecule has 0 spiro atoms. The van der Waals surface area contributed by atoms with Crippen molar-refractivity contribution < 1.29 is 4.79 Å². The molecule has 0 saturated heterocycles. The predicted octanol–water partition coefficient (Wildman–Crippen LogP) is 2.90. The van der Waals surface area contributed by atoms with Gasteiger partial charge in [0.05, 0.1) is 0 Å². The van der Waals surface area contributed by atoms with Gasteiger partial charge in [-0.25, -0.2) is 4.79 Å². The highest BCUT2D eigenvalue weighted by Crippen LogP contribution is 2.21. The number of rotatable bonds is 1. The van der Waals surface area contributed by atoms with Crippen LogP contribution in [0.2, 0.25) is 0 Å². The molecule has 82 valence electrons. The van der Waals surface area contributed by atoms with Crippen molar-refractivity contribution in [2.24, 2.45) is 0 Å². The van der Waals surface area contributed by atoms with Gasteiger partial charge in [-0.2, -0.15) is 0 Å². The van der Waals surface area contributed by atoms with Gasteiger partial charge in [0.1, 0.15) is 0 Å². The number of fused-ring (bicyclic) bond motifs is 1. The van der Waals surface area contributed by atoms with Crippen molar-refractivity contribution in [1.29, 1.82) is 0 Å². The van der Waals surface area contributed by atoms with E-state index in [-0.39, 0.29) is 6.03 Å². The Hall–Kier alpha value is -2.03. The average Bonchev–Trinajstić information content (AvgIpc) is 2.29. The van der Waals surface area contributed by atoms with Crippen molar-refractivity contribution in [1.82, 2.24) is 5.32 Å². The predicted molar refractivity (Wildman–Crippen MR) is 66.8 cm³/mol. The van der Waals surface area contributed by atoms with Gasteiger partial charge >= 0.3 is 6.03 Å². The molecule has 0 bridgehead atoms. The third-order valence-electron chi connectivity index (χ3n) is 2.58. The molecule has 0 fully saturated rings. The highest BCUT2D eigenvalue weighted by molar-refractivity contribution is 5.94. The minimum absolute atomic E-state index is 0.202. The van der Waals surface area contributed by atoms with E-state index in [2.05, 4.69) is 23.6 Å². The average molecular weight is 214 g/mol. The van der Waals surface area contributed by atoms with Crippen molar-refractivity contribution in [3.63, 3.8) is 0 Å².